The summed E-state index contributed by atoms with van der Waals surface area (Å²) in [6.45, 7) is 0. The first-order valence-corrected chi connectivity index (χ1v) is 7.13. The van der Waals surface area contributed by atoms with Gasteiger partial charge < -0.3 is 0 Å². The molecule has 0 saturated heterocycles. The quantitative estimate of drug-likeness (QED) is 0.631. The summed E-state index contributed by atoms with van der Waals surface area (Å²) in [7, 11) is 0. The van der Waals surface area contributed by atoms with Crippen molar-refractivity contribution in [2.24, 2.45) is 0 Å². The van der Waals surface area contributed by atoms with Gasteiger partial charge in [-0.05, 0) is 25.0 Å². The summed E-state index contributed by atoms with van der Waals surface area (Å²) >= 11 is 0. The van der Waals surface area contributed by atoms with Crippen molar-refractivity contribution in [3.8, 4) is 11.1 Å². The average molecular weight is 289 g/mol. The van der Waals surface area contributed by atoms with Crippen LogP contribution in [-0.2, 0) is 0 Å². The molecule has 0 unspecified atom stereocenters. The summed E-state index contributed by atoms with van der Waals surface area (Å²) in [5, 5.41) is 15.4. The number of benzene rings is 1. The van der Waals surface area contributed by atoms with Gasteiger partial charge in [0.25, 0.3) is 5.69 Å². The fourth-order valence-corrected chi connectivity index (χ4v) is 2.92. The predicted molar refractivity (Wildman–Crippen MR) is 76.4 cm³/mol. The van der Waals surface area contributed by atoms with Crippen molar-refractivity contribution in [2.45, 2.75) is 38.1 Å². The SMILES string of the molecule is O=[N+]([O-])c1ccc(F)cc1-c1cnn(C2CCCCC2)c1. The molecule has 1 heterocycles. The lowest BCUT2D eigenvalue weighted by Crippen LogP contribution is -2.12. The maximum Gasteiger partial charge on any atom is 0.277 e. The van der Waals surface area contributed by atoms with Crippen LogP contribution in [0.25, 0.3) is 11.1 Å². The third kappa shape index (κ3) is 2.79. The molecular formula is C15H16FN3O2. The van der Waals surface area contributed by atoms with E-state index in [2.05, 4.69) is 5.10 Å². The molecule has 0 bridgehead atoms. The zero-order valence-corrected chi connectivity index (χ0v) is 11.5. The number of nitro benzene ring substituents is 1. The maximum atomic E-state index is 13.4. The number of nitrogens with zero attached hydrogens (tertiary/aromatic N) is 3. The summed E-state index contributed by atoms with van der Waals surface area (Å²) in [5.41, 5.74) is 0.772. The summed E-state index contributed by atoms with van der Waals surface area (Å²) in [4.78, 5) is 10.6. The third-order valence-corrected chi connectivity index (χ3v) is 4.02. The lowest BCUT2D eigenvalue weighted by Gasteiger charge is -2.21. The molecule has 3 rings (SSSR count). The van der Waals surface area contributed by atoms with Gasteiger partial charge in [-0.1, -0.05) is 19.3 Å². The van der Waals surface area contributed by atoms with Crippen LogP contribution in [0.2, 0.25) is 0 Å². The zero-order chi connectivity index (χ0) is 14.8. The van der Waals surface area contributed by atoms with Crippen molar-refractivity contribution >= 4 is 5.69 Å². The van der Waals surface area contributed by atoms with Gasteiger partial charge in [0, 0.05) is 17.8 Å². The molecule has 5 nitrogen and oxygen atoms in total. The summed E-state index contributed by atoms with van der Waals surface area (Å²) < 4.78 is 15.3. The zero-order valence-electron chi connectivity index (χ0n) is 11.5. The number of hydrogen-bond donors (Lipinski definition) is 0. The Bertz CT molecular complexity index is 663. The van der Waals surface area contributed by atoms with E-state index in [0.717, 1.165) is 18.9 Å². The van der Waals surface area contributed by atoms with E-state index in [9.17, 15) is 14.5 Å². The molecular weight excluding hydrogens is 273 g/mol. The molecule has 1 aliphatic rings. The van der Waals surface area contributed by atoms with E-state index >= 15 is 0 Å². The lowest BCUT2D eigenvalue weighted by atomic mass is 9.96. The molecule has 110 valence electrons. The van der Waals surface area contributed by atoms with Crippen molar-refractivity contribution in [1.82, 2.24) is 9.78 Å². The monoisotopic (exact) mass is 289 g/mol. The van der Waals surface area contributed by atoms with Crippen molar-refractivity contribution < 1.29 is 9.31 Å². The van der Waals surface area contributed by atoms with E-state index in [4.69, 9.17) is 0 Å². The van der Waals surface area contributed by atoms with E-state index in [0.29, 0.717) is 11.6 Å². The second-order valence-electron chi connectivity index (χ2n) is 5.42. The number of hydrogen-bond acceptors (Lipinski definition) is 3. The third-order valence-electron chi connectivity index (χ3n) is 4.02. The second-order valence-corrected chi connectivity index (χ2v) is 5.42. The molecule has 0 amide bonds. The molecule has 1 fully saturated rings. The Hall–Kier alpha value is -2.24. The fraction of sp³-hybridized carbons (Fsp3) is 0.400. The van der Waals surface area contributed by atoms with Crippen LogP contribution in [0.1, 0.15) is 38.1 Å². The minimum absolute atomic E-state index is 0.0976. The Morgan fingerprint density at radius 1 is 1.29 bits per heavy atom. The topological polar surface area (TPSA) is 61.0 Å². The number of rotatable bonds is 3. The predicted octanol–water partition coefficient (Wildman–Crippen LogP) is 4.10. The Kier molecular flexibility index (Phi) is 3.68. The van der Waals surface area contributed by atoms with Gasteiger partial charge in [-0.25, -0.2) is 4.39 Å². The summed E-state index contributed by atoms with van der Waals surface area (Å²) in [5.74, 6) is -0.485. The van der Waals surface area contributed by atoms with E-state index < -0.39 is 10.7 Å². The number of nitro groups is 1. The molecule has 0 N–H and O–H groups in total. The molecule has 1 saturated carbocycles. The van der Waals surface area contributed by atoms with E-state index in [-0.39, 0.29) is 11.3 Å². The van der Waals surface area contributed by atoms with Gasteiger partial charge in [0.2, 0.25) is 0 Å². The van der Waals surface area contributed by atoms with Crippen LogP contribution in [0, 0.1) is 15.9 Å². The molecule has 1 aromatic heterocycles. The molecule has 0 spiro atoms. The van der Waals surface area contributed by atoms with Gasteiger partial charge in [-0.15, -0.1) is 0 Å². The second kappa shape index (κ2) is 5.63. The minimum atomic E-state index is -0.493. The molecule has 6 heteroatoms. The van der Waals surface area contributed by atoms with Crippen LogP contribution in [0.15, 0.2) is 30.6 Å². The van der Waals surface area contributed by atoms with Crippen LogP contribution in [-0.4, -0.2) is 14.7 Å². The van der Waals surface area contributed by atoms with Crippen LogP contribution >= 0.6 is 0 Å². The van der Waals surface area contributed by atoms with E-state index in [1.165, 1.54) is 31.4 Å². The van der Waals surface area contributed by atoms with E-state index in [1.807, 2.05) is 4.68 Å². The van der Waals surface area contributed by atoms with Gasteiger partial charge in [-0.3, -0.25) is 14.8 Å². The van der Waals surface area contributed by atoms with Crippen molar-refractivity contribution in [3.05, 3.63) is 46.5 Å². The molecule has 1 aromatic carbocycles. The lowest BCUT2D eigenvalue weighted by molar-refractivity contribution is -0.384. The van der Waals surface area contributed by atoms with Gasteiger partial charge in [0.15, 0.2) is 0 Å². The highest BCUT2D eigenvalue weighted by Crippen LogP contribution is 2.33. The molecule has 2 aromatic rings. The highest BCUT2D eigenvalue weighted by Gasteiger charge is 2.20. The van der Waals surface area contributed by atoms with Crippen molar-refractivity contribution in [2.75, 3.05) is 0 Å². The molecule has 0 atom stereocenters. The Balaban J connectivity index is 1.95. The highest BCUT2D eigenvalue weighted by molar-refractivity contribution is 5.72. The van der Waals surface area contributed by atoms with Crippen LogP contribution < -0.4 is 0 Å². The smallest absolute Gasteiger partial charge is 0.269 e. The first-order valence-electron chi connectivity index (χ1n) is 7.13. The Labute approximate surface area is 121 Å². The van der Waals surface area contributed by atoms with Gasteiger partial charge >= 0.3 is 0 Å². The average Bonchev–Trinajstić information content (AvgIpc) is 2.97. The molecule has 0 radical (unpaired) electrons. The highest BCUT2D eigenvalue weighted by atomic mass is 19.1. The standard InChI is InChI=1S/C15H16FN3O2/c16-12-6-7-15(19(20)21)14(8-12)11-9-17-18(10-11)13-4-2-1-3-5-13/h6-10,13H,1-5H2. The Morgan fingerprint density at radius 2 is 2.05 bits per heavy atom. The minimum Gasteiger partial charge on any atom is -0.269 e. The van der Waals surface area contributed by atoms with Gasteiger partial charge in [0.05, 0.1) is 22.7 Å². The largest absolute Gasteiger partial charge is 0.277 e. The number of aromatic nitrogens is 2. The van der Waals surface area contributed by atoms with E-state index in [1.54, 1.807) is 12.4 Å². The maximum absolute atomic E-state index is 13.4. The van der Waals surface area contributed by atoms with Crippen LogP contribution in [0.5, 0.6) is 0 Å². The first-order chi connectivity index (χ1) is 10.1. The molecule has 21 heavy (non-hydrogen) atoms. The van der Waals surface area contributed by atoms with Crippen molar-refractivity contribution in [3.63, 3.8) is 0 Å². The Morgan fingerprint density at radius 3 is 2.76 bits per heavy atom. The molecule has 1 aliphatic carbocycles. The van der Waals surface area contributed by atoms with Gasteiger partial charge in [0.1, 0.15) is 5.82 Å². The van der Waals surface area contributed by atoms with Crippen LogP contribution in [0.3, 0.4) is 0 Å². The number of halogens is 1. The fourth-order valence-electron chi connectivity index (χ4n) is 2.92. The first kappa shape index (κ1) is 13.7. The normalized spacial score (nSPS) is 16.0. The summed E-state index contributed by atoms with van der Waals surface area (Å²) in [6, 6.07) is 3.84. The van der Waals surface area contributed by atoms with Gasteiger partial charge in [-0.2, -0.15) is 5.10 Å². The molecule has 0 aliphatic heterocycles. The summed E-state index contributed by atoms with van der Waals surface area (Å²) in [6.07, 6.45) is 9.13. The van der Waals surface area contributed by atoms with Crippen molar-refractivity contribution in [1.29, 1.82) is 0 Å². The van der Waals surface area contributed by atoms with Crippen LogP contribution in [0.4, 0.5) is 10.1 Å².